The van der Waals surface area contributed by atoms with E-state index in [2.05, 4.69) is 4.74 Å². The van der Waals surface area contributed by atoms with Gasteiger partial charge in [0.25, 0.3) is 6.43 Å². The van der Waals surface area contributed by atoms with Crippen LogP contribution in [0.25, 0.3) is 0 Å². The van der Waals surface area contributed by atoms with Gasteiger partial charge in [-0.15, -0.1) is 0 Å². The van der Waals surface area contributed by atoms with Gasteiger partial charge in [-0.25, -0.2) is 8.78 Å². The van der Waals surface area contributed by atoms with Crippen LogP contribution < -0.4 is 9.47 Å². The van der Waals surface area contributed by atoms with Crippen molar-refractivity contribution in [3.63, 3.8) is 0 Å². The van der Waals surface area contributed by atoms with E-state index < -0.39 is 13.0 Å². The van der Waals surface area contributed by atoms with E-state index in [4.69, 9.17) is 21.1 Å². The van der Waals surface area contributed by atoms with Crippen molar-refractivity contribution in [2.75, 3.05) is 27.4 Å². The zero-order valence-corrected chi connectivity index (χ0v) is 11.9. The summed E-state index contributed by atoms with van der Waals surface area (Å²) in [6.07, 6.45) is -2.59. The molecule has 0 fully saturated rings. The summed E-state index contributed by atoms with van der Waals surface area (Å²) < 4.78 is 38.5. The quantitative estimate of drug-likeness (QED) is 0.546. The fourth-order valence-corrected chi connectivity index (χ4v) is 1.80. The number of ketones is 1. The Morgan fingerprint density at radius 2 is 1.85 bits per heavy atom. The number of Topliss-reactive ketones (excluding diaryl/α,β-unsaturated/α-hetero) is 1. The summed E-state index contributed by atoms with van der Waals surface area (Å²) >= 11 is 5.98. The molecule has 0 saturated heterocycles. The smallest absolute Gasteiger partial charge is 0.261 e. The zero-order chi connectivity index (χ0) is 15.1. The summed E-state index contributed by atoms with van der Waals surface area (Å²) in [6.45, 7) is -0.777. The molecule has 1 aromatic carbocycles. The van der Waals surface area contributed by atoms with Gasteiger partial charge in [0.2, 0.25) is 0 Å². The topological polar surface area (TPSA) is 44.8 Å². The monoisotopic (exact) mass is 308 g/mol. The molecule has 0 heterocycles. The van der Waals surface area contributed by atoms with Gasteiger partial charge >= 0.3 is 0 Å². The minimum atomic E-state index is -2.55. The molecule has 1 rings (SSSR count). The largest absolute Gasteiger partial charge is 0.493 e. The van der Waals surface area contributed by atoms with Crippen LogP contribution in [0.1, 0.15) is 16.8 Å². The van der Waals surface area contributed by atoms with E-state index in [-0.39, 0.29) is 29.4 Å². The minimum absolute atomic E-state index is 0.0398. The van der Waals surface area contributed by atoms with Crippen LogP contribution in [0.3, 0.4) is 0 Å². The highest BCUT2D eigenvalue weighted by molar-refractivity contribution is 6.34. The third kappa shape index (κ3) is 4.61. The predicted molar refractivity (Wildman–Crippen MR) is 70.3 cm³/mol. The molecule has 0 aliphatic rings. The maximum atomic E-state index is 11.9. The lowest BCUT2D eigenvalue weighted by molar-refractivity contribution is 0.0170. The lowest BCUT2D eigenvalue weighted by Gasteiger charge is -2.11. The first kappa shape index (κ1) is 16.7. The van der Waals surface area contributed by atoms with E-state index in [0.29, 0.717) is 11.5 Å². The maximum Gasteiger partial charge on any atom is 0.261 e. The summed E-state index contributed by atoms with van der Waals surface area (Å²) in [5.74, 6) is 0.460. The van der Waals surface area contributed by atoms with Gasteiger partial charge in [-0.3, -0.25) is 4.79 Å². The normalized spacial score (nSPS) is 10.7. The minimum Gasteiger partial charge on any atom is -0.493 e. The molecule has 0 atom stereocenters. The van der Waals surface area contributed by atoms with Gasteiger partial charge < -0.3 is 14.2 Å². The van der Waals surface area contributed by atoms with Gasteiger partial charge in [-0.1, -0.05) is 11.6 Å². The fraction of sp³-hybridized carbons (Fsp3) is 0.462. The number of methoxy groups -OCH3 is 2. The second-order valence-corrected chi connectivity index (χ2v) is 4.23. The number of rotatable bonds is 8. The summed E-state index contributed by atoms with van der Waals surface area (Å²) in [7, 11) is 2.89. The van der Waals surface area contributed by atoms with Crippen LogP contribution >= 0.6 is 11.6 Å². The van der Waals surface area contributed by atoms with Gasteiger partial charge in [-0.2, -0.15) is 0 Å². The molecule has 112 valence electrons. The Bertz CT molecular complexity index is 466. The number of carbonyl (C=O) groups excluding carboxylic acids is 1. The molecule has 0 aliphatic carbocycles. The van der Waals surface area contributed by atoms with Crippen molar-refractivity contribution in [1.29, 1.82) is 0 Å². The van der Waals surface area contributed by atoms with E-state index in [9.17, 15) is 13.6 Å². The van der Waals surface area contributed by atoms with E-state index in [1.54, 1.807) is 0 Å². The van der Waals surface area contributed by atoms with Crippen LogP contribution in [0.4, 0.5) is 8.78 Å². The lowest BCUT2D eigenvalue weighted by atomic mass is 10.1. The molecule has 0 N–H and O–H groups in total. The second-order valence-electron chi connectivity index (χ2n) is 3.83. The van der Waals surface area contributed by atoms with Crippen LogP contribution in [0.15, 0.2) is 12.1 Å². The first-order valence-electron chi connectivity index (χ1n) is 5.80. The van der Waals surface area contributed by atoms with Crippen molar-refractivity contribution in [3.8, 4) is 11.5 Å². The molecule has 20 heavy (non-hydrogen) atoms. The van der Waals surface area contributed by atoms with Gasteiger partial charge in [0.05, 0.1) is 25.8 Å². The van der Waals surface area contributed by atoms with Crippen LogP contribution in [0.2, 0.25) is 5.02 Å². The Kier molecular flexibility index (Phi) is 6.67. The highest BCUT2D eigenvalue weighted by atomic mass is 35.5. The van der Waals surface area contributed by atoms with Gasteiger partial charge in [0.15, 0.2) is 17.3 Å². The molecule has 0 aromatic heterocycles. The van der Waals surface area contributed by atoms with Gasteiger partial charge in [-0.05, 0) is 6.07 Å². The Morgan fingerprint density at radius 1 is 1.25 bits per heavy atom. The second kappa shape index (κ2) is 8.01. The molecule has 0 spiro atoms. The zero-order valence-electron chi connectivity index (χ0n) is 11.1. The number of hydrogen-bond donors (Lipinski definition) is 0. The first-order valence-corrected chi connectivity index (χ1v) is 6.18. The van der Waals surface area contributed by atoms with Gasteiger partial charge in [0.1, 0.15) is 6.61 Å². The number of halogens is 3. The standard InChI is InChI=1S/C13H15ClF2O4/c1-18-11-5-8(9(14)6-12(11)19-2)10(17)3-4-20-7-13(15)16/h5-6,13H,3-4,7H2,1-2H3. The van der Waals surface area contributed by atoms with Crippen molar-refractivity contribution in [2.24, 2.45) is 0 Å². The predicted octanol–water partition coefficient (Wildman–Crippen LogP) is 3.21. The Hall–Kier alpha value is -1.40. The van der Waals surface area contributed by atoms with Crippen molar-refractivity contribution >= 4 is 17.4 Å². The van der Waals surface area contributed by atoms with Crippen molar-refractivity contribution < 1.29 is 27.8 Å². The van der Waals surface area contributed by atoms with E-state index in [1.807, 2.05) is 0 Å². The van der Waals surface area contributed by atoms with Crippen molar-refractivity contribution in [3.05, 3.63) is 22.7 Å². The molecule has 0 unspecified atom stereocenters. The Balaban J connectivity index is 2.72. The Morgan fingerprint density at radius 3 is 2.40 bits per heavy atom. The third-order valence-electron chi connectivity index (χ3n) is 2.49. The van der Waals surface area contributed by atoms with Crippen LogP contribution in [0.5, 0.6) is 11.5 Å². The van der Waals surface area contributed by atoms with Crippen molar-refractivity contribution in [1.82, 2.24) is 0 Å². The fourth-order valence-electron chi connectivity index (χ4n) is 1.54. The van der Waals surface area contributed by atoms with Gasteiger partial charge in [0, 0.05) is 18.1 Å². The molecule has 4 nitrogen and oxygen atoms in total. The lowest BCUT2D eigenvalue weighted by Crippen LogP contribution is -2.10. The molecular weight excluding hydrogens is 294 g/mol. The molecule has 0 radical (unpaired) electrons. The number of alkyl halides is 2. The van der Waals surface area contributed by atoms with Crippen molar-refractivity contribution in [2.45, 2.75) is 12.8 Å². The highest BCUT2D eigenvalue weighted by Crippen LogP contribution is 2.33. The third-order valence-corrected chi connectivity index (χ3v) is 2.80. The summed E-state index contributed by atoms with van der Waals surface area (Å²) in [5.41, 5.74) is 0.241. The summed E-state index contributed by atoms with van der Waals surface area (Å²) in [5, 5.41) is 0.210. The van der Waals surface area contributed by atoms with E-state index in [0.717, 1.165) is 0 Å². The number of carbonyl (C=O) groups is 1. The van der Waals surface area contributed by atoms with E-state index >= 15 is 0 Å². The first-order chi connectivity index (χ1) is 9.49. The van der Waals surface area contributed by atoms with Crippen LogP contribution in [-0.4, -0.2) is 39.6 Å². The molecule has 0 saturated carbocycles. The molecule has 0 bridgehead atoms. The number of hydrogen-bond acceptors (Lipinski definition) is 4. The number of benzene rings is 1. The Labute approximate surface area is 120 Å². The SMILES string of the molecule is COc1cc(Cl)c(C(=O)CCOCC(F)F)cc1OC. The van der Waals surface area contributed by atoms with E-state index in [1.165, 1.54) is 26.4 Å². The average molecular weight is 309 g/mol. The average Bonchev–Trinajstić information content (AvgIpc) is 2.42. The number of ether oxygens (including phenoxy) is 3. The highest BCUT2D eigenvalue weighted by Gasteiger charge is 2.16. The molecule has 7 heteroatoms. The van der Waals surface area contributed by atoms with Crippen LogP contribution in [-0.2, 0) is 4.74 Å². The molecule has 0 amide bonds. The summed E-state index contributed by atoms with van der Waals surface area (Å²) in [6, 6.07) is 2.92. The molecular formula is C13H15ClF2O4. The maximum absolute atomic E-state index is 11.9. The molecule has 0 aliphatic heterocycles. The van der Waals surface area contributed by atoms with Crippen LogP contribution in [0, 0.1) is 0 Å². The summed E-state index contributed by atoms with van der Waals surface area (Å²) in [4.78, 5) is 11.9. The molecule has 1 aromatic rings.